The second kappa shape index (κ2) is 13.5. The largest absolute Gasteiger partial charge is 0.378 e. The molecule has 2 saturated heterocycles. The van der Waals surface area contributed by atoms with E-state index in [1.165, 1.54) is 6.08 Å². The van der Waals surface area contributed by atoms with Crippen LogP contribution in [0.5, 0.6) is 0 Å². The molecule has 1 atom stereocenters. The number of hydrogen-bond donors (Lipinski definition) is 2. The highest BCUT2D eigenvalue weighted by molar-refractivity contribution is 5.99. The number of carbonyl (C=O) groups excluding carboxylic acids is 2. The minimum atomic E-state index is -0.235. The molecule has 2 aliphatic heterocycles. The van der Waals surface area contributed by atoms with Crippen LogP contribution < -0.4 is 20.7 Å². The van der Waals surface area contributed by atoms with Gasteiger partial charge < -0.3 is 29.7 Å². The molecule has 2 aliphatic rings. The van der Waals surface area contributed by atoms with Crippen LogP contribution in [0.15, 0.2) is 59.9 Å². The van der Waals surface area contributed by atoms with Crippen molar-refractivity contribution >= 4 is 23.2 Å². The standard InChI is InChI=1S/C35H43N5O4/c1-6-33(41)39-13-12-29(22-39)40(7-2)32-20-27(26-8-10-28(11-9-26)38-14-16-44-17-15-38)19-30(25(32)5)34(42)36-21-31-23(3)18-24(4)37-35(31)43/h6,8-11,18-20,29H,1,7,12-17,21-22H2,2-5H3,(H,36,42)(H,37,43). The number of rotatable bonds is 9. The summed E-state index contributed by atoms with van der Waals surface area (Å²) in [5.74, 6) is -0.295. The lowest BCUT2D eigenvalue weighted by Gasteiger charge is -2.32. The maximum absolute atomic E-state index is 13.8. The first-order valence-corrected chi connectivity index (χ1v) is 15.4. The van der Waals surface area contributed by atoms with Gasteiger partial charge in [0.25, 0.3) is 11.5 Å². The molecule has 1 unspecified atom stereocenters. The lowest BCUT2D eigenvalue weighted by Crippen LogP contribution is -2.39. The van der Waals surface area contributed by atoms with Crippen LogP contribution in [0.25, 0.3) is 11.1 Å². The first-order valence-electron chi connectivity index (χ1n) is 15.4. The summed E-state index contributed by atoms with van der Waals surface area (Å²) >= 11 is 0. The molecule has 3 heterocycles. The Bertz CT molecular complexity index is 1590. The second-order valence-corrected chi connectivity index (χ2v) is 11.7. The van der Waals surface area contributed by atoms with Gasteiger partial charge in [0, 0.05) is 73.5 Å². The van der Waals surface area contributed by atoms with Gasteiger partial charge in [-0.25, -0.2) is 0 Å². The number of anilines is 2. The molecule has 0 bridgehead atoms. The number of carbonyl (C=O) groups is 2. The lowest BCUT2D eigenvalue weighted by molar-refractivity contribution is -0.125. The molecule has 9 nitrogen and oxygen atoms in total. The van der Waals surface area contributed by atoms with Crippen LogP contribution >= 0.6 is 0 Å². The molecule has 0 radical (unpaired) electrons. The summed E-state index contributed by atoms with van der Waals surface area (Å²) in [5.41, 5.74) is 7.47. The van der Waals surface area contributed by atoms with E-state index in [0.29, 0.717) is 24.2 Å². The van der Waals surface area contributed by atoms with E-state index < -0.39 is 0 Å². The second-order valence-electron chi connectivity index (χ2n) is 11.7. The molecule has 0 saturated carbocycles. The number of amides is 2. The van der Waals surface area contributed by atoms with E-state index >= 15 is 0 Å². The Hall–Kier alpha value is -4.37. The molecule has 2 fully saturated rings. The van der Waals surface area contributed by atoms with E-state index in [4.69, 9.17) is 4.74 Å². The highest BCUT2D eigenvalue weighted by Crippen LogP contribution is 2.34. The monoisotopic (exact) mass is 597 g/mol. The molecule has 2 N–H and O–H groups in total. The molecule has 5 rings (SSSR count). The van der Waals surface area contributed by atoms with Gasteiger partial charge in [0.05, 0.1) is 13.2 Å². The van der Waals surface area contributed by atoms with Crippen molar-refractivity contribution in [2.75, 3.05) is 55.7 Å². The quantitative estimate of drug-likeness (QED) is 0.356. The first-order chi connectivity index (χ1) is 21.2. The summed E-state index contributed by atoms with van der Waals surface area (Å²) in [5, 5.41) is 3.01. The topological polar surface area (TPSA) is 98.0 Å². The summed E-state index contributed by atoms with van der Waals surface area (Å²) in [6.45, 7) is 16.8. The van der Waals surface area contributed by atoms with Crippen molar-refractivity contribution < 1.29 is 14.3 Å². The summed E-state index contributed by atoms with van der Waals surface area (Å²) in [6.07, 6.45) is 2.21. The Labute approximate surface area is 259 Å². The van der Waals surface area contributed by atoms with Gasteiger partial charge in [0.15, 0.2) is 0 Å². The van der Waals surface area contributed by atoms with Gasteiger partial charge in [-0.05, 0) is 92.8 Å². The predicted molar refractivity (Wildman–Crippen MR) is 176 cm³/mol. The van der Waals surface area contributed by atoms with E-state index in [0.717, 1.165) is 78.6 Å². The molecule has 0 aliphatic carbocycles. The van der Waals surface area contributed by atoms with Gasteiger partial charge in [-0.2, -0.15) is 0 Å². The first kappa shape index (κ1) is 31.1. The molecular weight excluding hydrogens is 554 g/mol. The van der Waals surface area contributed by atoms with Crippen LogP contribution in [0.1, 0.15) is 46.1 Å². The summed E-state index contributed by atoms with van der Waals surface area (Å²) in [7, 11) is 0. The average molecular weight is 598 g/mol. The van der Waals surface area contributed by atoms with Crippen molar-refractivity contribution in [3.05, 3.63) is 93.4 Å². The number of aromatic nitrogens is 1. The number of ether oxygens (including phenoxy) is 1. The number of pyridine rings is 1. The molecule has 2 aromatic carbocycles. The molecule has 2 amide bonds. The third kappa shape index (κ3) is 6.58. The van der Waals surface area contributed by atoms with Crippen molar-refractivity contribution in [2.45, 2.75) is 46.7 Å². The molecule has 232 valence electrons. The Morgan fingerprint density at radius 1 is 1.07 bits per heavy atom. The summed E-state index contributed by atoms with van der Waals surface area (Å²) < 4.78 is 5.51. The molecular formula is C35H43N5O4. The minimum Gasteiger partial charge on any atom is -0.378 e. The Kier molecular flexibility index (Phi) is 9.54. The van der Waals surface area contributed by atoms with Crippen LogP contribution in [0.4, 0.5) is 11.4 Å². The van der Waals surface area contributed by atoms with Gasteiger partial charge >= 0.3 is 0 Å². The fourth-order valence-corrected chi connectivity index (χ4v) is 6.40. The Morgan fingerprint density at radius 3 is 2.45 bits per heavy atom. The van der Waals surface area contributed by atoms with Crippen molar-refractivity contribution in [2.24, 2.45) is 0 Å². The lowest BCUT2D eigenvalue weighted by atomic mass is 9.95. The normalized spacial score (nSPS) is 16.6. The van der Waals surface area contributed by atoms with Crippen molar-refractivity contribution in [1.82, 2.24) is 15.2 Å². The van der Waals surface area contributed by atoms with Crippen molar-refractivity contribution in [3.63, 3.8) is 0 Å². The van der Waals surface area contributed by atoms with Gasteiger partial charge in [-0.1, -0.05) is 18.7 Å². The van der Waals surface area contributed by atoms with Crippen LogP contribution in [-0.2, 0) is 16.1 Å². The summed E-state index contributed by atoms with van der Waals surface area (Å²) in [4.78, 5) is 48.1. The average Bonchev–Trinajstić information content (AvgIpc) is 3.51. The van der Waals surface area contributed by atoms with E-state index in [9.17, 15) is 14.4 Å². The molecule has 9 heteroatoms. The third-order valence-corrected chi connectivity index (χ3v) is 8.86. The number of nitrogens with one attached hydrogen (secondary N) is 2. The number of likely N-dealkylation sites (N-methyl/N-ethyl adjacent to an activating group) is 1. The number of likely N-dealkylation sites (tertiary alicyclic amines) is 1. The van der Waals surface area contributed by atoms with E-state index in [1.54, 1.807) is 0 Å². The number of nitrogens with zero attached hydrogens (tertiary/aromatic N) is 3. The number of aryl methyl sites for hydroxylation is 2. The number of H-pyrrole nitrogens is 1. The number of morpholine rings is 1. The molecule has 44 heavy (non-hydrogen) atoms. The number of hydrogen-bond acceptors (Lipinski definition) is 6. The maximum atomic E-state index is 13.8. The van der Waals surface area contributed by atoms with E-state index in [1.807, 2.05) is 37.8 Å². The highest BCUT2D eigenvalue weighted by atomic mass is 16.5. The van der Waals surface area contributed by atoms with Crippen LogP contribution in [0.2, 0.25) is 0 Å². The van der Waals surface area contributed by atoms with E-state index in [2.05, 4.69) is 63.9 Å². The van der Waals surface area contributed by atoms with E-state index in [-0.39, 0.29) is 30.0 Å². The van der Waals surface area contributed by atoms with Gasteiger partial charge in [-0.15, -0.1) is 0 Å². The van der Waals surface area contributed by atoms with Crippen molar-refractivity contribution in [1.29, 1.82) is 0 Å². The van der Waals surface area contributed by atoms with Crippen molar-refractivity contribution in [3.8, 4) is 11.1 Å². The number of benzene rings is 2. The van der Waals surface area contributed by atoms with Gasteiger partial charge in [0.2, 0.25) is 5.91 Å². The summed E-state index contributed by atoms with van der Waals surface area (Å²) in [6, 6.07) is 14.6. The minimum absolute atomic E-state index is 0.0594. The molecule has 1 aromatic heterocycles. The van der Waals surface area contributed by atoms with Crippen LogP contribution in [-0.4, -0.2) is 73.7 Å². The van der Waals surface area contributed by atoms with Gasteiger partial charge in [0.1, 0.15) is 0 Å². The highest BCUT2D eigenvalue weighted by Gasteiger charge is 2.31. The van der Waals surface area contributed by atoms with Crippen LogP contribution in [0, 0.1) is 20.8 Å². The predicted octanol–water partition coefficient (Wildman–Crippen LogP) is 4.35. The zero-order chi connectivity index (χ0) is 31.4. The molecule has 0 spiro atoms. The smallest absolute Gasteiger partial charge is 0.253 e. The zero-order valence-corrected chi connectivity index (χ0v) is 26.2. The molecule has 3 aromatic rings. The third-order valence-electron chi connectivity index (χ3n) is 8.86. The Morgan fingerprint density at radius 2 is 1.80 bits per heavy atom. The maximum Gasteiger partial charge on any atom is 0.253 e. The fraction of sp³-hybridized carbons (Fsp3) is 0.400. The van der Waals surface area contributed by atoms with Crippen LogP contribution in [0.3, 0.4) is 0 Å². The SMILES string of the molecule is C=CC(=O)N1CCC(N(CC)c2cc(-c3ccc(N4CCOCC4)cc3)cc(C(=O)NCc3c(C)cc(C)[nH]c3=O)c2C)C1. The zero-order valence-electron chi connectivity index (χ0n) is 26.2. The Balaban J connectivity index is 1.50. The fourth-order valence-electron chi connectivity index (χ4n) is 6.40. The number of aromatic amines is 1. The van der Waals surface area contributed by atoms with Gasteiger partial charge in [-0.3, -0.25) is 14.4 Å².